The lowest BCUT2D eigenvalue weighted by molar-refractivity contribution is 0.0687. The second-order valence-corrected chi connectivity index (χ2v) is 7.49. The van der Waals surface area contributed by atoms with E-state index in [1.165, 1.54) is 24.3 Å². The van der Waals surface area contributed by atoms with E-state index in [-0.39, 0.29) is 16.7 Å². The molecule has 150 valence electrons. The van der Waals surface area contributed by atoms with E-state index in [4.69, 9.17) is 16.1 Å². The number of rotatable bonds is 4. The van der Waals surface area contributed by atoms with E-state index in [1.54, 1.807) is 17.0 Å². The van der Waals surface area contributed by atoms with Crippen molar-refractivity contribution < 1.29 is 18.1 Å². The maximum absolute atomic E-state index is 13.2. The number of carbonyl (C=O) groups excluding carboxylic acids is 1. The number of likely N-dealkylation sites (tertiary alicyclic amines) is 1. The number of benzene rings is 2. The van der Waals surface area contributed by atoms with Gasteiger partial charge in [0, 0.05) is 25.1 Å². The van der Waals surface area contributed by atoms with Crippen LogP contribution in [0.3, 0.4) is 0 Å². The van der Waals surface area contributed by atoms with Crippen LogP contribution in [0.1, 0.15) is 29.1 Å². The maximum atomic E-state index is 13.2. The first-order valence-electron chi connectivity index (χ1n) is 9.32. The molecule has 0 atom stereocenters. The first kappa shape index (κ1) is 19.5. The molecule has 29 heavy (non-hydrogen) atoms. The van der Waals surface area contributed by atoms with Crippen LogP contribution < -0.4 is 0 Å². The molecule has 1 saturated heterocycles. The van der Waals surface area contributed by atoms with Crippen LogP contribution >= 0.6 is 11.6 Å². The predicted molar refractivity (Wildman–Crippen MR) is 103 cm³/mol. The lowest BCUT2D eigenvalue weighted by Gasteiger charge is -2.31. The smallest absolute Gasteiger partial charge is 0.255 e. The summed E-state index contributed by atoms with van der Waals surface area (Å²) in [5.41, 5.74) is 1.00. The second-order valence-electron chi connectivity index (χ2n) is 7.08. The molecule has 0 radical (unpaired) electrons. The normalized spacial score (nSPS) is 14.9. The van der Waals surface area contributed by atoms with Gasteiger partial charge in [0.25, 0.3) is 5.91 Å². The maximum Gasteiger partial charge on any atom is 0.255 e. The van der Waals surface area contributed by atoms with Crippen LogP contribution in [0.2, 0.25) is 5.02 Å². The molecule has 8 heteroatoms. The van der Waals surface area contributed by atoms with Gasteiger partial charge in [-0.2, -0.15) is 4.98 Å². The van der Waals surface area contributed by atoms with Gasteiger partial charge in [-0.3, -0.25) is 4.79 Å². The highest BCUT2D eigenvalue weighted by Crippen LogP contribution is 2.26. The summed E-state index contributed by atoms with van der Waals surface area (Å²) >= 11 is 6.01. The third-order valence-corrected chi connectivity index (χ3v) is 5.41. The molecule has 5 nitrogen and oxygen atoms in total. The van der Waals surface area contributed by atoms with Crippen LogP contribution in [0.5, 0.6) is 0 Å². The van der Waals surface area contributed by atoms with Gasteiger partial charge in [-0.25, -0.2) is 8.78 Å². The summed E-state index contributed by atoms with van der Waals surface area (Å²) < 4.78 is 31.6. The molecular weight excluding hydrogens is 400 g/mol. The van der Waals surface area contributed by atoms with Crippen molar-refractivity contribution >= 4 is 17.5 Å². The van der Waals surface area contributed by atoms with E-state index in [2.05, 4.69) is 10.1 Å². The Morgan fingerprint density at radius 3 is 2.48 bits per heavy atom. The van der Waals surface area contributed by atoms with E-state index in [1.807, 2.05) is 0 Å². The van der Waals surface area contributed by atoms with Gasteiger partial charge >= 0.3 is 0 Å². The molecule has 2 heterocycles. The minimum absolute atomic E-state index is 0.122. The highest BCUT2D eigenvalue weighted by molar-refractivity contribution is 6.33. The summed E-state index contributed by atoms with van der Waals surface area (Å²) in [5.74, 6) is 0.286. The number of piperidine rings is 1. The molecule has 0 unspecified atom stereocenters. The Morgan fingerprint density at radius 1 is 1.10 bits per heavy atom. The predicted octanol–water partition coefficient (Wildman–Crippen LogP) is 4.76. The standard InChI is InChI=1S/C21H18ClF2N3O2/c22-18-12-16(24)5-6-17(18)21(28)27-9-7-13(8-10-27)11-19-25-20(26-29-19)14-1-3-15(23)4-2-14/h1-6,12-13H,7-11H2. The van der Waals surface area contributed by atoms with Gasteiger partial charge in [0.15, 0.2) is 0 Å². The molecule has 2 aromatic carbocycles. The van der Waals surface area contributed by atoms with Gasteiger partial charge in [-0.05, 0) is 61.2 Å². The van der Waals surface area contributed by atoms with Crippen molar-refractivity contribution in [3.05, 3.63) is 70.6 Å². The molecule has 1 aromatic heterocycles. The third kappa shape index (κ3) is 4.45. The van der Waals surface area contributed by atoms with Gasteiger partial charge in [0.2, 0.25) is 11.7 Å². The van der Waals surface area contributed by atoms with Crippen molar-refractivity contribution in [3.8, 4) is 11.4 Å². The van der Waals surface area contributed by atoms with E-state index in [0.717, 1.165) is 18.9 Å². The van der Waals surface area contributed by atoms with Crippen molar-refractivity contribution in [2.24, 2.45) is 5.92 Å². The van der Waals surface area contributed by atoms with Gasteiger partial charge in [0.1, 0.15) is 11.6 Å². The Hall–Kier alpha value is -2.80. The van der Waals surface area contributed by atoms with E-state index in [9.17, 15) is 13.6 Å². The molecule has 1 aliphatic rings. The minimum atomic E-state index is -0.468. The van der Waals surface area contributed by atoms with E-state index < -0.39 is 5.82 Å². The van der Waals surface area contributed by atoms with E-state index in [0.29, 0.717) is 48.3 Å². The summed E-state index contributed by atoms with van der Waals surface area (Å²) in [4.78, 5) is 18.8. The summed E-state index contributed by atoms with van der Waals surface area (Å²) in [6.45, 7) is 1.16. The quantitative estimate of drug-likeness (QED) is 0.614. The lowest BCUT2D eigenvalue weighted by atomic mass is 9.93. The fraction of sp³-hybridized carbons (Fsp3) is 0.286. The third-order valence-electron chi connectivity index (χ3n) is 5.10. The molecule has 3 aromatic rings. The molecule has 1 fully saturated rings. The van der Waals surface area contributed by atoms with Crippen molar-refractivity contribution in [2.75, 3.05) is 13.1 Å². The number of hydrogen-bond donors (Lipinski definition) is 0. The van der Waals surface area contributed by atoms with Crippen molar-refractivity contribution in [2.45, 2.75) is 19.3 Å². The Kier molecular flexibility index (Phi) is 5.58. The molecule has 1 amide bonds. The summed E-state index contributed by atoms with van der Waals surface area (Å²) in [7, 11) is 0. The first-order valence-corrected chi connectivity index (χ1v) is 9.70. The van der Waals surface area contributed by atoms with Crippen LogP contribution in [0.4, 0.5) is 8.78 Å². The van der Waals surface area contributed by atoms with Crippen LogP contribution in [0.15, 0.2) is 47.0 Å². The Bertz CT molecular complexity index is 1020. The zero-order valence-electron chi connectivity index (χ0n) is 15.4. The fourth-order valence-electron chi connectivity index (χ4n) is 3.47. The summed E-state index contributed by atoms with van der Waals surface area (Å²) in [6.07, 6.45) is 2.20. The summed E-state index contributed by atoms with van der Waals surface area (Å²) in [5, 5.41) is 4.08. The average molecular weight is 418 g/mol. The van der Waals surface area contributed by atoms with Crippen LogP contribution in [0, 0.1) is 17.6 Å². The summed E-state index contributed by atoms with van der Waals surface area (Å²) in [6, 6.07) is 9.72. The first-order chi connectivity index (χ1) is 14.0. The Morgan fingerprint density at radius 2 is 1.79 bits per heavy atom. The van der Waals surface area contributed by atoms with Gasteiger partial charge in [0.05, 0.1) is 10.6 Å². The van der Waals surface area contributed by atoms with Crippen molar-refractivity contribution in [1.82, 2.24) is 15.0 Å². The Balaban J connectivity index is 1.34. The fourth-order valence-corrected chi connectivity index (χ4v) is 3.72. The molecule has 0 saturated carbocycles. The number of nitrogens with zero attached hydrogens (tertiary/aromatic N) is 3. The zero-order valence-corrected chi connectivity index (χ0v) is 16.2. The van der Waals surface area contributed by atoms with E-state index >= 15 is 0 Å². The number of hydrogen-bond acceptors (Lipinski definition) is 4. The average Bonchev–Trinajstić information content (AvgIpc) is 3.17. The monoisotopic (exact) mass is 417 g/mol. The number of halogens is 3. The van der Waals surface area contributed by atoms with Crippen LogP contribution in [-0.2, 0) is 6.42 Å². The molecule has 0 bridgehead atoms. The molecule has 4 rings (SSSR count). The molecule has 1 aliphatic heterocycles. The van der Waals surface area contributed by atoms with Crippen molar-refractivity contribution in [3.63, 3.8) is 0 Å². The Labute approximate surface area is 171 Å². The van der Waals surface area contributed by atoms with Gasteiger partial charge in [-0.1, -0.05) is 16.8 Å². The van der Waals surface area contributed by atoms with Crippen molar-refractivity contribution in [1.29, 1.82) is 0 Å². The molecular formula is C21H18ClF2N3O2. The molecule has 0 N–H and O–H groups in total. The zero-order chi connectivity index (χ0) is 20.4. The highest BCUT2D eigenvalue weighted by atomic mass is 35.5. The second kappa shape index (κ2) is 8.29. The highest BCUT2D eigenvalue weighted by Gasteiger charge is 2.26. The van der Waals surface area contributed by atoms with Crippen LogP contribution in [0.25, 0.3) is 11.4 Å². The topological polar surface area (TPSA) is 59.2 Å². The number of aromatic nitrogens is 2. The molecule has 0 spiro atoms. The SMILES string of the molecule is O=C(c1ccc(F)cc1Cl)N1CCC(Cc2nc(-c3ccc(F)cc3)no2)CC1. The van der Waals surface area contributed by atoms with Crippen LogP contribution in [-0.4, -0.2) is 34.0 Å². The largest absolute Gasteiger partial charge is 0.339 e. The number of carbonyl (C=O) groups is 1. The molecule has 0 aliphatic carbocycles. The minimum Gasteiger partial charge on any atom is -0.339 e. The number of amides is 1. The van der Waals surface area contributed by atoms with Gasteiger partial charge in [-0.15, -0.1) is 0 Å². The van der Waals surface area contributed by atoms with Gasteiger partial charge < -0.3 is 9.42 Å². The lowest BCUT2D eigenvalue weighted by Crippen LogP contribution is -2.39.